The van der Waals surface area contributed by atoms with Crippen molar-refractivity contribution in [3.63, 3.8) is 0 Å². The number of methoxy groups -OCH3 is 3. The second kappa shape index (κ2) is 5.95. The van der Waals surface area contributed by atoms with E-state index in [9.17, 15) is 4.79 Å². The first-order chi connectivity index (χ1) is 9.19. The Labute approximate surface area is 113 Å². The van der Waals surface area contributed by atoms with Crippen molar-refractivity contribution in [2.45, 2.75) is 31.6 Å². The highest BCUT2D eigenvalue weighted by Crippen LogP contribution is 2.42. The Morgan fingerprint density at radius 1 is 0.947 bits per heavy atom. The molecule has 0 N–H and O–H groups in total. The second-order valence-electron chi connectivity index (χ2n) is 4.77. The molecule has 19 heavy (non-hydrogen) atoms. The summed E-state index contributed by atoms with van der Waals surface area (Å²) < 4.78 is 16.0. The molecule has 2 rings (SSSR count). The molecule has 0 spiro atoms. The van der Waals surface area contributed by atoms with Gasteiger partial charge in [0.1, 0.15) is 5.78 Å². The number of carbonyl (C=O) groups excluding carboxylic acids is 1. The summed E-state index contributed by atoms with van der Waals surface area (Å²) in [6.07, 6.45) is 3.14. The monoisotopic (exact) mass is 264 g/mol. The van der Waals surface area contributed by atoms with E-state index in [1.54, 1.807) is 21.3 Å². The smallest absolute Gasteiger partial charge is 0.203 e. The van der Waals surface area contributed by atoms with Crippen LogP contribution in [0.25, 0.3) is 0 Å². The Morgan fingerprint density at radius 3 is 1.89 bits per heavy atom. The first-order valence-corrected chi connectivity index (χ1v) is 6.51. The quantitative estimate of drug-likeness (QED) is 0.838. The van der Waals surface area contributed by atoms with Crippen LogP contribution in [0.5, 0.6) is 17.2 Å². The Bertz CT molecular complexity index is 432. The van der Waals surface area contributed by atoms with Gasteiger partial charge in [-0.2, -0.15) is 0 Å². The minimum atomic E-state index is 0.365. The predicted molar refractivity (Wildman–Crippen MR) is 72.3 cm³/mol. The third kappa shape index (κ3) is 2.83. The molecule has 0 atom stereocenters. The molecule has 0 amide bonds. The Hall–Kier alpha value is -1.71. The zero-order valence-corrected chi connectivity index (χ0v) is 11.7. The molecule has 0 radical (unpaired) electrons. The van der Waals surface area contributed by atoms with Gasteiger partial charge in [-0.3, -0.25) is 4.79 Å². The van der Waals surface area contributed by atoms with Crippen LogP contribution in [-0.4, -0.2) is 27.1 Å². The Kier molecular flexibility index (Phi) is 4.30. The maximum Gasteiger partial charge on any atom is 0.203 e. The zero-order valence-electron chi connectivity index (χ0n) is 11.7. The van der Waals surface area contributed by atoms with Crippen molar-refractivity contribution in [2.75, 3.05) is 21.3 Å². The van der Waals surface area contributed by atoms with Gasteiger partial charge in [-0.15, -0.1) is 0 Å². The summed E-state index contributed by atoms with van der Waals surface area (Å²) in [5, 5.41) is 0. The molecule has 1 aliphatic rings. The lowest BCUT2D eigenvalue weighted by molar-refractivity contribution is -0.120. The van der Waals surface area contributed by atoms with E-state index in [4.69, 9.17) is 14.2 Å². The van der Waals surface area contributed by atoms with Crippen LogP contribution in [0.2, 0.25) is 0 Å². The highest BCUT2D eigenvalue weighted by atomic mass is 16.5. The van der Waals surface area contributed by atoms with Crippen LogP contribution in [0.3, 0.4) is 0 Å². The van der Waals surface area contributed by atoms with Gasteiger partial charge in [0.25, 0.3) is 0 Å². The van der Waals surface area contributed by atoms with Gasteiger partial charge in [0, 0.05) is 12.8 Å². The summed E-state index contributed by atoms with van der Waals surface area (Å²) >= 11 is 0. The van der Waals surface area contributed by atoms with Gasteiger partial charge in [-0.1, -0.05) is 0 Å². The summed E-state index contributed by atoms with van der Waals surface area (Å²) in [5.74, 6) is 2.72. The van der Waals surface area contributed by atoms with E-state index < -0.39 is 0 Å². The fourth-order valence-corrected chi connectivity index (χ4v) is 2.61. The first-order valence-electron chi connectivity index (χ1n) is 6.51. The standard InChI is InChI=1S/C15H20O4/c1-17-13-8-11(9-14(18-2)15(13)19-3)10-4-6-12(16)7-5-10/h8-10H,4-7H2,1-3H3. The topological polar surface area (TPSA) is 44.8 Å². The number of rotatable bonds is 4. The van der Waals surface area contributed by atoms with Crippen molar-refractivity contribution < 1.29 is 19.0 Å². The molecule has 0 bridgehead atoms. The molecule has 0 aliphatic heterocycles. The normalized spacial score (nSPS) is 16.3. The van der Waals surface area contributed by atoms with E-state index >= 15 is 0 Å². The van der Waals surface area contributed by atoms with Gasteiger partial charge >= 0.3 is 0 Å². The van der Waals surface area contributed by atoms with E-state index in [0.29, 0.717) is 41.8 Å². The van der Waals surface area contributed by atoms with Gasteiger partial charge in [0.15, 0.2) is 11.5 Å². The average molecular weight is 264 g/mol. The number of hydrogen-bond acceptors (Lipinski definition) is 4. The number of carbonyl (C=O) groups is 1. The van der Waals surface area contributed by atoms with Gasteiger partial charge in [-0.25, -0.2) is 0 Å². The molecule has 104 valence electrons. The SMILES string of the molecule is COc1cc(C2CCC(=O)CC2)cc(OC)c1OC. The van der Waals surface area contributed by atoms with Gasteiger partial charge in [-0.05, 0) is 36.5 Å². The van der Waals surface area contributed by atoms with Gasteiger partial charge in [0.05, 0.1) is 21.3 Å². The summed E-state index contributed by atoms with van der Waals surface area (Å²) in [5.41, 5.74) is 1.15. The third-order valence-corrected chi connectivity index (χ3v) is 3.70. The largest absolute Gasteiger partial charge is 0.493 e. The number of Topliss-reactive ketones (excluding diaryl/α,β-unsaturated/α-hetero) is 1. The van der Waals surface area contributed by atoms with Crippen molar-refractivity contribution in [1.82, 2.24) is 0 Å². The Balaban J connectivity index is 2.33. The number of hydrogen-bond donors (Lipinski definition) is 0. The minimum absolute atomic E-state index is 0.365. The number of ketones is 1. The number of ether oxygens (including phenoxy) is 3. The van der Waals surface area contributed by atoms with Crippen LogP contribution < -0.4 is 14.2 Å². The lowest BCUT2D eigenvalue weighted by Crippen LogP contribution is -2.12. The molecule has 1 saturated carbocycles. The van der Waals surface area contributed by atoms with E-state index in [1.807, 2.05) is 12.1 Å². The van der Waals surface area contributed by atoms with Crippen LogP contribution in [0.1, 0.15) is 37.2 Å². The highest BCUT2D eigenvalue weighted by Gasteiger charge is 2.23. The fourth-order valence-electron chi connectivity index (χ4n) is 2.61. The first kappa shape index (κ1) is 13.7. The van der Waals surface area contributed by atoms with E-state index in [1.165, 1.54) is 0 Å². The van der Waals surface area contributed by atoms with Gasteiger partial charge in [0.2, 0.25) is 5.75 Å². The van der Waals surface area contributed by atoms with E-state index in [-0.39, 0.29) is 0 Å². The molecule has 1 aromatic rings. The molecule has 4 heteroatoms. The molecular formula is C15H20O4. The molecule has 4 nitrogen and oxygen atoms in total. The maximum absolute atomic E-state index is 11.3. The summed E-state index contributed by atoms with van der Waals surface area (Å²) in [4.78, 5) is 11.3. The van der Waals surface area contributed by atoms with Crippen LogP contribution in [0.4, 0.5) is 0 Å². The molecule has 1 aromatic carbocycles. The average Bonchev–Trinajstić information content (AvgIpc) is 2.46. The van der Waals surface area contributed by atoms with E-state index in [2.05, 4.69) is 0 Å². The lowest BCUT2D eigenvalue weighted by Gasteiger charge is -2.23. The fraction of sp³-hybridized carbons (Fsp3) is 0.533. The van der Waals surface area contributed by atoms with Crippen LogP contribution in [0, 0.1) is 0 Å². The van der Waals surface area contributed by atoms with Crippen molar-refractivity contribution in [3.05, 3.63) is 17.7 Å². The molecule has 0 heterocycles. The van der Waals surface area contributed by atoms with Crippen molar-refractivity contribution in [1.29, 1.82) is 0 Å². The van der Waals surface area contributed by atoms with Crippen molar-refractivity contribution >= 4 is 5.78 Å². The van der Waals surface area contributed by atoms with Crippen LogP contribution in [-0.2, 0) is 4.79 Å². The van der Waals surface area contributed by atoms with Crippen molar-refractivity contribution in [2.24, 2.45) is 0 Å². The van der Waals surface area contributed by atoms with Gasteiger partial charge < -0.3 is 14.2 Å². The van der Waals surface area contributed by atoms with Crippen LogP contribution in [0.15, 0.2) is 12.1 Å². The zero-order chi connectivity index (χ0) is 13.8. The lowest BCUT2D eigenvalue weighted by atomic mass is 9.83. The van der Waals surface area contributed by atoms with E-state index in [0.717, 1.165) is 18.4 Å². The summed E-state index contributed by atoms with van der Waals surface area (Å²) in [7, 11) is 4.83. The molecule has 1 fully saturated rings. The predicted octanol–water partition coefficient (Wildman–Crippen LogP) is 2.94. The molecule has 0 unspecified atom stereocenters. The number of benzene rings is 1. The Morgan fingerprint density at radius 2 is 1.47 bits per heavy atom. The molecule has 0 aromatic heterocycles. The van der Waals surface area contributed by atoms with Crippen molar-refractivity contribution in [3.8, 4) is 17.2 Å². The molecule has 1 aliphatic carbocycles. The minimum Gasteiger partial charge on any atom is -0.493 e. The maximum atomic E-state index is 11.3. The summed E-state index contributed by atoms with van der Waals surface area (Å²) in [6.45, 7) is 0. The second-order valence-corrected chi connectivity index (χ2v) is 4.77. The molecular weight excluding hydrogens is 244 g/mol. The highest BCUT2D eigenvalue weighted by molar-refractivity contribution is 5.79. The third-order valence-electron chi connectivity index (χ3n) is 3.70. The van der Waals surface area contributed by atoms with Crippen LogP contribution >= 0.6 is 0 Å². The summed E-state index contributed by atoms with van der Waals surface area (Å²) in [6, 6.07) is 3.98. The molecule has 0 saturated heterocycles.